The molecule has 13 heteroatoms. The van der Waals surface area contributed by atoms with E-state index in [4.69, 9.17) is 4.74 Å². The average Bonchev–Trinajstić information content (AvgIpc) is 3.25. The normalized spacial score (nSPS) is 23.5. The van der Waals surface area contributed by atoms with E-state index < -0.39 is 18.1 Å². The van der Waals surface area contributed by atoms with E-state index in [1.807, 2.05) is 46.2 Å². The highest BCUT2D eigenvalue weighted by atomic mass is 79.9. The van der Waals surface area contributed by atoms with Gasteiger partial charge >= 0.3 is 12.1 Å². The number of halogens is 2. The molecule has 47 heavy (non-hydrogen) atoms. The van der Waals surface area contributed by atoms with Gasteiger partial charge in [0.25, 0.3) is 0 Å². The zero-order valence-corrected chi connectivity index (χ0v) is 30.0. The van der Waals surface area contributed by atoms with Gasteiger partial charge in [-0.05, 0) is 99.7 Å². The molecule has 3 fully saturated rings. The third-order valence-corrected chi connectivity index (χ3v) is 11.6. The Morgan fingerprint density at radius 3 is 2.34 bits per heavy atom. The molecule has 254 valence electrons. The van der Waals surface area contributed by atoms with Crippen molar-refractivity contribution in [1.82, 2.24) is 24.9 Å². The van der Waals surface area contributed by atoms with Crippen LogP contribution in [0.1, 0.15) is 36.8 Å². The minimum Gasteiger partial charge on any atom is -0.494 e. The number of nitrogens with one attached hydrogen (secondary N) is 2. The molecular formula is C34H44Br2N6O5. The summed E-state index contributed by atoms with van der Waals surface area (Å²) in [7, 11) is 1.60. The van der Waals surface area contributed by atoms with Gasteiger partial charge in [0.2, 0.25) is 5.91 Å². The van der Waals surface area contributed by atoms with Crippen LogP contribution < -0.4 is 15.4 Å². The van der Waals surface area contributed by atoms with E-state index in [2.05, 4.69) is 47.4 Å². The molecule has 4 aliphatic heterocycles. The monoisotopic (exact) mass is 774 g/mol. The number of piperidine rings is 2. The number of methoxy groups -OCH3 is 1. The molecule has 4 aliphatic rings. The van der Waals surface area contributed by atoms with Crippen molar-refractivity contribution >= 4 is 55.6 Å². The number of fused-ring (bicyclic) bond motifs is 1. The van der Waals surface area contributed by atoms with E-state index in [0.29, 0.717) is 57.1 Å². The largest absolute Gasteiger partial charge is 0.494 e. The van der Waals surface area contributed by atoms with Gasteiger partial charge in [-0.15, -0.1) is 0 Å². The topological polar surface area (TPSA) is 118 Å². The maximum absolute atomic E-state index is 14.6. The molecule has 3 N–H and O–H groups in total. The molecule has 3 atom stereocenters. The predicted octanol–water partition coefficient (Wildman–Crippen LogP) is 4.88. The molecule has 4 heterocycles. The van der Waals surface area contributed by atoms with Gasteiger partial charge < -0.3 is 35.2 Å². The first kappa shape index (κ1) is 34.0. The lowest BCUT2D eigenvalue weighted by molar-refractivity contribution is -0.140. The summed E-state index contributed by atoms with van der Waals surface area (Å²) in [5, 5.41) is 16.9. The van der Waals surface area contributed by atoms with Gasteiger partial charge in [-0.25, -0.2) is 9.59 Å². The Kier molecular flexibility index (Phi) is 10.9. The number of piperazine rings is 1. The lowest BCUT2D eigenvalue weighted by atomic mass is 9.82. The van der Waals surface area contributed by atoms with Crippen LogP contribution in [-0.4, -0.2) is 120 Å². The molecule has 2 unspecified atom stereocenters. The summed E-state index contributed by atoms with van der Waals surface area (Å²) in [6, 6.07) is 11.2. The first-order valence-corrected chi connectivity index (χ1v) is 18.2. The number of nitrogens with zero attached hydrogens (tertiary/aromatic N) is 4. The number of anilines is 1. The predicted molar refractivity (Wildman–Crippen MR) is 187 cm³/mol. The van der Waals surface area contributed by atoms with E-state index in [1.165, 1.54) is 4.90 Å². The zero-order chi connectivity index (χ0) is 33.1. The summed E-state index contributed by atoms with van der Waals surface area (Å²) in [5.74, 6) is 0.0187. The van der Waals surface area contributed by atoms with Crippen molar-refractivity contribution in [2.75, 3.05) is 64.8 Å². The average molecular weight is 777 g/mol. The number of ether oxygens (including phenoxy) is 1. The number of benzene rings is 2. The number of carbonyl (C=O) groups excluding carboxylic acids is 2. The smallest absolute Gasteiger partial charge is 0.407 e. The van der Waals surface area contributed by atoms with Gasteiger partial charge in [0.1, 0.15) is 5.75 Å². The van der Waals surface area contributed by atoms with Crippen molar-refractivity contribution < 1.29 is 24.2 Å². The fourth-order valence-corrected chi connectivity index (χ4v) is 9.52. The number of carboxylic acid groups (broad SMARTS) is 1. The molecule has 4 amide bonds. The minimum absolute atomic E-state index is 0.0172. The van der Waals surface area contributed by atoms with Crippen LogP contribution in [0.15, 0.2) is 45.3 Å². The first-order chi connectivity index (χ1) is 22.7. The third kappa shape index (κ3) is 7.58. The number of urea groups is 1. The van der Waals surface area contributed by atoms with Gasteiger partial charge in [0.15, 0.2) is 0 Å². The van der Waals surface area contributed by atoms with E-state index >= 15 is 0 Å². The number of rotatable bonds is 7. The van der Waals surface area contributed by atoms with E-state index in [-0.39, 0.29) is 24.5 Å². The van der Waals surface area contributed by atoms with Crippen molar-refractivity contribution in [3.63, 3.8) is 0 Å². The third-order valence-electron chi connectivity index (χ3n) is 10.4. The molecule has 0 saturated carbocycles. The summed E-state index contributed by atoms with van der Waals surface area (Å²) in [6.45, 7) is 6.11. The van der Waals surface area contributed by atoms with Gasteiger partial charge in [-0.1, -0.05) is 18.2 Å². The Hall–Kier alpha value is -2.87. The molecule has 3 saturated heterocycles. The maximum Gasteiger partial charge on any atom is 0.407 e. The van der Waals surface area contributed by atoms with Crippen molar-refractivity contribution in [1.29, 1.82) is 0 Å². The van der Waals surface area contributed by atoms with Gasteiger partial charge in [0.05, 0.1) is 22.0 Å². The van der Waals surface area contributed by atoms with Crippen LogP contribution in [0.25, 0.3) is 0 Å². The Morgan fingerprint density at radius 1 is 0.979 bits per heavy atom. The van der Waals surface area contributed by atoms with Gasteiger partial charge in [0, 0.05) is 76.2 Å². The number of carbonyl (C=O) groups is 3. The van der Waals surface area contributed by atoms with E-state index in [9.17, 15) is 19.5 Å². The fourth-order valence-electron chi connectivity index (χ4n) is 7.92. The highest BCUT2D eigenvalue weighted by molar-refractivity contribution is 9.11. The molecule has 2 aromatic carbocycles. The van der Waals surface area contributed by atoms with Crippen molar-refractivity contribution in [3.05, 3.63) is 56.5 Å². The molecular weight excluding hydrogens is 732 g/mol. The lowest BCUT2D eigenvalue weighted by Crippen LogP contribution is -2.59. The number of hydrogen-bond acceptors (Lipinski definition) is 6. The second kappa shape index (κ2) is 15.1. The molecule has 0 radical (unpaired) electrons. The SMILES string of the molecule is COc1c(Br)cc(CC(C(=O)N2CCC(N3CCNCC3)CC2)[C@H]2CC(N3CCc4ccccc4NC3=O)CCN2C(=O)O)cc1Br. The quantitative estimate of drug-likeness (QED) is 0.368. The summed E-state index contributed by atoms with van der Waals surface area (Å²) in [4.78, 5) is 48.7. The number of hydrogen-bond donors (Lipinski definition) is 3. The Bertz CT molecular complexity index is 1440. The molecule has 11 nitrogen and oxygen atoms in total. The van der Waals surface area contributed by atoms with Crippen molar-refractivity contribution in [3.8, 4) is 5.75 Å². The van der Waals surface area contributed by atoms with Crippen LogP contribution in [0.3, 0.4) is 0 Å². The fraction of sp³-hybridized carbons (Fsp3) is 0.559. The molecule has 0 bridgehead atoms. The van der Waals surface area contributed by atoms with Gasteiger partial charge in [-0.2, -0.15) is 0 Å². The summed E-state index contributed by atoms with van der Waals surface area (Å²) >= 11 is 7.22. The zero-order valence-electron chi connectivity index (χ0n) is 26.8. The minimum atomic E-state index is -1.03. The lowest BCUT2D eigenvalue weighted by Gasteiger charge is -2.46. The van der Waals surface area contributed by atoms with Crippen molar-refractivity contribution in [2.24, 2.45) is 5.92 Å². The van der Waals surface area contributed by atoms with Crippen LogP contribution in [0, 0.1) is 5.92 Å². The highest BCUT2D eigenvalue weighted by Gasteiger charge is 2.44. The van der Waals surface area contributed by atoms with E-state index in [0.717, 1.165) is 64.8 Å². The summed E-state index contributed by atoms with van der Waals surface area (Å²) < 4.78 is 7.03. The van der Waals surface area contributed by atoms with Gasteiger partial charge in [-0.3, -0.25) is 9.69 Å². The molecule has 0 aliphatic carbocycles. The maximum atomic E-state index is 14.6. The standard InChI is InChI=1S/C34H44Br2N6O5/c1-47-31-27(35)19-22(20-28(31)36)18-26(32(43)40-12-7-24(8-13-40)39-16-10-37-11-17-39)30-21-25(9-15-42(30)34(45)46)41-14-6-23-4-2-3-5-29(23)38-33(41)44/h2-5,19-20,24-26,30,37H,6-18,21H2,1H3,(H,38,44)(H,45,46)/t25?,26?,30-/m1/s1. The molecule has 0 aromatic heterocycles. The second-order valence-electron chi connectivity index (χ2n) is 13.0. The molecule has 0 spiro atoms. The molecule has 2 aromatic rings. The first-order valence-electron chi connectivity index (χ1n) is 16.6. The van der Waals surface area contributed by atoms with Crippen LogP contribution in [0.4, 0.5) is 15.3 Å². The van der Waals surface area contributed by atoms with Crippen LogP contribution >= 0.6 is 31.9 Å². The highest BCUT2D eigenvalue weighted by Crippen LogP contribution is 2.37. The Labute approximate surface area is 293 Å². The van der Waals surface area contributed by atoms with Crippen LogP contribution in [0.5, 0.6) is 5.75 Å². The summed E-state index contributed by atoms with van der Waals surface area (Å²) in [5.41, 5.74) is 2.79. The Morgan fingerprint density at radius 2 is 1.66 bits per heavy atom. The second-order valence-corrected chi connectivity index (χ2v) is 14.7. The number of likely N-dealkylation sites (tertiary alicyclic amines) is 2. The van der Waals surface area contributed by atoms with Crippen LogP contribution in [-0.2, 0) is 17.6 Å². The van der Waals surface area contributed by atoms with Crippen LogP contribution in [0.2, 0.25) is 0 Å². The Balaban J connectivity index is 1.27. The molecule has 6 rings (SSSR count). The number of amides is 4. The summed E-state index contributed by atoms with van der Waals surface area (Å²) in [6.07, 6.45) is 2.75. The van der Waals surface area contributed by atoms with Crippen molar-refractivity contribution in [2.45, 2.75) is 56.7 Å². The van der Waals surface area contributed by atoms with E-state index in [1.54, 1.807) is 7.11 Å². The number of para-hydroxylation sites is 1.